The number of alkyl carbamates (subject to hydrolysis) is 1. The van der Waals surface area contributed by atoms with Crippen LogP contribution in [0.4, 0.5) is 9.59 Å². The van der Waals surface area contributed by atoms with E-state index in [-0.39, 0.29) is 18.9 Å². The molecule has 2 rings (SSSR count). The van der Waals surface area contributed by atoms with Crippen LogP contribution in [0, 0.1) is 0 Å². The molecule has 2 aromatic heterocycles. The third-order valence-corrected chi connectivity index (χ3v) is 5.82. The van der Waals surface area contributed by atoms with Gasteiger partial charge in [-0.25, -0.2) is 9.59 Å². The van der Waals surface area contributed by atoms with Crippen LogP contribution in [-0.4, -0.2) is 46.3 Å². The van der Waals surface area contributed by atoms with Gasteiger partial charge in [0.25, 0.3) is 0 Å². The van der Waals surface area contributed by atoms with Gasteiger partial charge in [0.1, 0.15) is 11.6 Å². The zero-order chi connectivity index (χ0) is 22.9. The minimum absolute atomic E-state index is 0.185. The third kappa shape index (κ3) is 9.39. The van der Waals surface area contributed by atoms with E-state index in [1.54, 1.807) is 48.3 Å². The van der Waals surface area contributed by atoms with Gasteiger partial charge in [0, 0.05) is 16.3 Å². The fraction of sp³-hybridized carbons (Fsp3) is 0.476. The van der Waals surface area contributed by atoms with Crippen LogP contribution in [0.25, 0.3) is 0 Å². The second-order valence-electron chi connectivity index (χ2n) is 7.93. The quantitative estimate of drug-likeness (QED) is 0.452. The van der Waals surface area contributed by atoms with Gasteiger partial charge in [-0.2, -0.15) is 0 Å². The Kier molecular flexibility index (Phi) is 9.32. The summed E-state index contributed by atoms with van der Waals surface area (Å²) in [7, 11) is 0. The van der Waals surface area contributed by atoms with Gasteiger partial charge in [-0.3, -0.25) is 4.79 Å². The van der Waals surface area contributed by atoms with E-state index in [9.17, 15) is 14.4 Å². The molecule has 0 unspecified atom stereocenters. The predicted molar refractivity (Wildman–Crippen MR) is 121 cm³/mol. The van der Waals surface area contributed by atoms with Crippen molar-refractivity contribution in [2.45, 2.75) is 58.3 Å². The van der Waals surface area contributed by atoms with Gasteiger partial charge in [0.05, 0.1) is 13.1 Å². The molecule has 8 nitrogen and oxygen atoms in total. The second kappa shape index (κ2) is 11.7. The van der Waals surface area contributed by atoms with E-state index < -0.39 is 23.8 Å². The van der Waals surface area contributed by atoms with Crippen molar-refractivity contribution in [2.24, 2.45) is 0 Å². The molecule has 3 N–H and O–H groups in total. The van der Waals surface area contributed by atoms with E-state index in [0.29, 0.717) is 19.5 Å². The number of rotatable bonds is 10. The van der Waals surface area contributed by atoms with E-state index in [4.69, 9.17) is 9.84 Å². The Morgan fingerprint density at radius 2 is 1.68 bits per heavy atom. The van der Waals surface area contributed by atoms with Crippen LogP contribution in [-0.2, 0) is 22.6 Å². The molecule has 0 aliphatic heterocycles. The Labute approximate surface area is 190 Å². The Bertz CT molecular complexity index is 796. The van der Waals surface area contributed by atoms with Crippen LogP contribution < -0.4 is 10.6 Å². The maximum Gasteiger partial charge on any atom is 0.408 e. The highest BCUT2D eigenvalue weighted by Crippen LogP contribution is 2.19. The van der Waals surface area contributed by atoms with E-state index in [1.807, 2.05) is 35.0 Å². The maximum atomic E-state index is 13.5. The minimum Gasteiger partial charge on any atom is -0.465 e. The normalized spacial score (nSPS) is 12.1. The highest BCUT2D eigenvalue weighted by atomic mass is 32.1. The van der Waals surface area contributed by atoms with Gasteiger partial charge in [-0.1, -0.05) is 12.1 Å². The first kappa shape index (κ1) is 24.7. The molecule has 0 saturated heterocycles. The topological polar surface area (TPSA) is 108 Å². The summed E-state index contributed by atoms with van der Waals surface area (Å²) < 4.78 is 5.33. The summed E-state index contributed by atoms with van der Waals surface area (Å²) in [6, 6.07) is 6.97. The molecule has 2 heterocycles. The zero-order valence-corrected chi connectivity index (χ0v) is 19.6. The van der Waals surface area contributed by atoms with Crippen molar-refractivity contribution in [1.82, 2.24) is 15.5 Å². The van der Waals surface area contributed by atoms with Crippen molar-refractivity contribution < 1.29 is 24.2 Å². The number of thiophene rings is 2. The summed E-state index contributed by atoms with van der Waals surface area (Å²) in [5, 5.41) is 17.6. The number of carbonyl (C=O) groups is 3. The summed E-state index contributed by atoms with van der Waals surface area (Å²) in [6.07, 6.45) is -1.13. The van der Waals surface area contributed by atoms with Crippen molar-refractivity contribution in [3.8, 4) is 0 Å². The summed E-state index contributed by atoms with van der Waals surface area (Å²) in [5.41, 5.74) is -0.698. The molecule has 0 aromatic carbocycles. The molecule has 0 spiro atoms. The summed E-state index contributed by atoms with van der Waals surface area (Å²) in [5.74, 6) is -0.233. The average Bonchev–Trinajstić information content (AvgIpc) is 3.35. The summed E-state index contributed by atoms with van der Waals surface area (Å²) in [4.78, 5) is 40.3. The Balaban J connectivity index is 2.15. The van der Waals surface area contributed by atoms with E-state index in [1.165, 1.54) is 0 Å². The third-order valence-electron chi connectivity index (χ3n) is 4.10. The first-order valence-electron chi connectivity index (χ1n) is 9.94. The first-order valence-corrected chi connectivity index (χ1v) is 11.7. The van der Waals surface area contributed by atoms with Crippen molar-refractivity contribution in [1.29, 1.82) is 0 Å². The molecule has 10 heteroatoms. The molecule has 0 aliphatic rings. The molecule has 0 aliphatic carbocycles. The van der Waals surface area contributed by atoms with Crippen LogP contribution >= 0.6 is 22.7 Å². The fourth-order valence-corrected chi connectivity index (χ4v) is 4.26. The van der Waals surface area contributed by atoms with Crippen LogP contribution in [0.3, 0.4) is 0 Å². The monoisotopic (exact) mass is 467 g/mol. The summed E-state index contributed by atoms with van der Waals surface area (Å²) >= 11 is 3.12. The molecular formula is C21H29N3O5S2. The van der Waals surface area contributed by atoms with Crippen molar-refractivity contribution in [2.75, 3.05) is 6.54 Å². The number of carboxylic acid groups (broad SMARTS) is 1. The molecule has 31 heavy (non-hydrogen) atoms. The number of hydrogen-bond acceptors (Lipinski definition) is 6. The molecule has 0 saturated carbocycles. The van der Waals surface area contributed by atoms with E-state index in [2.05, 4.69) is 10.6 Å². The summed E-state index contributed by atoms with van der Waals surface area (Å²) in [6.45, 7) is 6.29. The van der Waals surface area contributed by atoms with E-state index in [0.717, 1.165) is 9.75 Å². The number of hydrogen-bond donors (Lipinski definition) is 3. The van der Waals surface area contributed by atoms with Crippen LogP contribution in [0.15, 0.2) is 35.0 Å². The Morgan fingerprint density at radius 3 is 2.13 bits per heavy atom. The van der Waals surface area contributed by atoms with Gasteiger partial charge in [-0.05, 0) is 56.5 Å². The standard InChI is InChI=1S/C21H29N3O5S2/c1-21(2,3)29-20(28)23-17(9-4-10-22-19(26)27)18(25)24(13-15-7-5-11-30-15)14-16-8-6-12-31-16/h5-8,11-12,17,22H,4,9-10,13-14H2,1-3H3,(H,23,28)(H,26,27)/t17-/m0/s1. The van der Waals surface area contributed by atoms with Crippen molar-refractivity contribution >= 4 is 40.8 Å². The lowest BCUT2D eigenvalue weighted by Gasteiger charge is -2.28. The first-order chi connectivity index (χ1) is 14.6. The van der Waals surface area contributed by atoms with Gasteiger partial charge in [0.2, 0.25) is 5.91 Å². The molecule has 0 bridgehead atoms. The minimum atomic E-state index is -1.13. The fourth-order valence-electron chi connectivity index (χ4n) is 2.82. The molecule has 1 atom stereocenters. The van der Waals surface area contributed by atoms with Gasteiger partial charge in [-0.15, -0.1) is 22.7 Å². The Hall–Kier alpha value is -2.59. The zero-order valence-electron chi connectivity index (χ0n) is 17.9. The molecule has 0 fully saturated rings. The smallest absolute Gasteiger partial charge is 0.408 e. The lowest BCUT2D eigenvalue weighted by atomic mass is 10.1. The number of nitrogens with zero attached hydrogens (tertiary/aromatic N) is 1. The molecule has 170 valence electrons. The van der Waals surface area contributed by atoms with Crippen molar-refractivity contribution in [3.05, 3.63) is 44.8 Å². The number of nitrogens with one attached hydrogen (secondary N) is 2. The molecule has 3 amide bonds. The van der Waals surface area contributed by atoms with Crippen LogP contribution in [0.5, 0.6) is 0 Å². The van der Waals surface area contributed by atoms with E-state index >= 15 is 0 Å². The van der Waals surface area contributed by atoms with Gasteiger partial charge in [0.15, 0.2) is 0 Å². The second-order valence-corrected chi connectivity index (χ2v) is 9.99. The number of amides is 3. The highest BCUT2D eigenvalue weighted by molar-refractivity contribution is 7.10. The molecular weight excluding hydrogens is 438 g/mol. The SMILES string of the molecule is CC(C)(C)OC(=O)N[C@@H](CCCNC(=O)O)C(=O)N(Cc1cccs1)Cc1cccs1. The molecule has 2 aromatic rings. The largest absolute Gasteiger partial charge is 0.465 e. The number of carbonyl (C=O) groups excluding carboxylic acids is 2. The predicted octanol–water partition coefficient (Wildman–Crippen LogP) is 4.28. The van der Waals surface area contributed by atoms with Gasteiger partial charge >= 0.3 is 12.2 Å². The van der Waals surface area contributed by atoms with Crippen LogP contribution in [0.2, 0.25) is 0 Å². The Morgan fingerprint density at radius 1 is 1.10 bits per heavy atom. The lowest BCUT2D eigenvalue weighted by molar-refractivity contribution is -0.134. The van der Waals surface area contributed by atoms with Crippen molar-refractivity contribution in [3.63, 3.8) is 0 Å². The lowest BCUT2D eigenvalue weighted by Crippen LogP contribution is -2.49. The van der Waals surface area contributed by atoms with Crippen LogP contribution in [0.1, 0.15) is 43.4 Å². The number of ether oxygens (including phenoxy) is 1. The molecule has 0 radical (unpaired) electrons. The van der Waals surface area contributed by atoms with Gasteiger partial charge < -0.3 is 25.4 Å². The maximum absolute atomic E-state index is 13.5. The highest BCUT2D eigenvalue weighted by Gasteiger charge is 2.28. The average molecular weight is 468 g/mol.